The van der Waals surface area contributed by atoms with Crippen LogP contribution < -0.4 is 5.32 Å². The zero-order valence-electron chi connectivity index (χ0n) is 15.3. The second-order valence-corrected chi connectivity index (χ2v) is 7.30. The number of hydrogen-bond acceptors (Lipinski definition) is 4. The molecule has 4 nitrogen and oxygen atoms in total. The lowest BCUT2D eigenvalue weighted by Crippen LogP contribution is -1.95. The number of nitrogens with one attached hydrogen (secondary N) is 2. The van der Waals surface area contributed by atoms with E-state index >= 15 is 0 Å². The van der Waals surface area contributed by atoms with E-state index in [0.29, 0.717) is 0 Å². The van der Waals surface area contributed by atoms with Crippen molar-refractivity contribution in [1.29, 1.82) is 0 Å². The van der Waals surface area contributed by atoms with Gasteiger partial charge >= 0.3 is 0 Å². The van der Waals surface area contributed by atoms with Gasteiger partial charge < -0.3 is 5.32 Å². The van der Waals surface area contributed by atoms with E-state index in [1.54, 1.807) is 11.8 Å². The van der Waals surface area contributed by atoms with Crippen molar-refractivity contribution in [2.45, 2.75) is 39.5 Å². The normalized spacial score (nSPS) is 10.6. The molecule has 5 heteroatoms. The van der Waals surface area contributed by atoms with Crippen LogP contribution >= 0.6 is 11.8 Å². The molecule has 0 fully saturated rings. The van der Waals surface area contributed by atoms with Gasteiger partial charge in [-0.25, -0.2) is 0 Å². The Bertz CT molecular complexity index is 805. The van der Waals surface area contributed by atoms with Crippen LogP contribution in [-0.2, 0) is 0 Å². The summed E-state index contributed by atoms with van der Waals surface area (Å²) in [6.07, 6.45) is 3.89. The van der Waals surface area contributed by atoms with Gasteiger partial charge in [-0.3, -0.25) is 10.1 Å². The Labute approximate surface area is 148 Å². The molecule has 128 valence electrons. The van der Waals surface area contributed by atoms with Crippen molar-refractivity contribution in [2.75, 3.05) is 11.6 Å². The molecule has 0 unspecified atom stereocenters. The van der Waals surface area contributed by atoms with E-state index < -0.39 is 0 Å². The number of fused-ring (bicyclic) bond motifs is 1. The number of H-pyrrole nitrogens is 1. The van der Waals surface area contributed by atoms with Crippen molar-refractivity contribution < 1.29 is 0 Å². The summed E-state index contributed by atoms with van der Waals surface area (Å²) in [6.45, 7) is 10.6. The van der Waals surface area contributed by atoms with Crippen LogP contribution in [0.25, 0.3) is 10.9 Å². The highest BCUT2D eigenvalue weighted by Crippen LogP contribution is 2.29. The Kier molecular flexibility index (Phi) is 6.26. The fourth-order valence-electron chi connectivity index (χ4n) is 2.10. The first-order valence-electron chi connectivity index (χ1n) is 8.13. The molecular weight excluding hydrogens is 316 g/mol. The second-order valence-electron chi connectivity index (χ2n) is 6.42. The van der Waals surface area contributed by atoms with Crippen LogP contribution in [-0.4, -0.2) is 21.4 Å². The molecule has 3 rings (SSSR count). The van der Waals surface area contributed by atoms with Gasteiger partial charge in [-0.05, 0) is 50.3 Å². The molecule has 0 amide bonds. The summed E-state index contributed by atoms with van der Waals surface area (Å²) in [7, 11) is 0. The molecule has 0 aliphatic heterocycles. The third kappa shape index (κ3) is 4.51. The van der Waals surface area contributed by atoms with E-state index in [-0.39, 0.29) is 0 Å². The van der Waals surface area contributed by atoms with E-state index in [2.05, 4.69) is 72.6 Å². The van der Waals surface area contributed by atoms with Gasteiger partial charge in [0.25, 0.3) is 0 Å². The van der Waals surface area contributed by atoms with Crippen LogP contribution in [0.2, 0.25) is 0 Å². The van der Waals surface area contributed by atoms with Gasteiger partial charge in [-0.2, -0.15) is 5.10 Å². The van der Waals surface area contributed by atoms with Gasteiger partial charge in [0, 0.05) is 27.7 Å². The third-order valence-electron chi connectivity index (χ3n) is 3.45. The van der Waals surface area contributed by atoms with Crippen LogP contribution in [0.5, 0.6) is 0 Å². The van der Waals surface area contributed by atoms with Crippen molar-refractivity contribution in [1.82, 2.24) is 15.2 Å². The molecule has 3 aromatic rings. The minimum absolute atomic E-state index is 0.833. The monoisotopic (exact) mass is 342 g/mol. The highest BCUT2D eigenvalue weighted by Gasteiger charge is 2.08. The van der Waals surface area contributed by atoms with Crippen LogP contribution in [0.3, 0.4) is 0 Å². The second kappa shape index (κ2) is 8.20. The average molecular weight is 343 g/mol. The van der Waals surface area contributed by atoms with Crippen molar-refractivity contribution in [2.24, 2.45) is 5.92 Å². The maximum absolute atomic E-state index is 4.41. The Morgan fingerprint density at radius 1 is 1.12 bits per heavy atom. The number of aryl methyl sites for hydroxylation is 1. The molecule has 0 spiro atoms. The largest absolute Gasteiger partial charge is 0.338 e. The van der Waals surface area contributed by atoms with E-state index in [1.807, 2.05) is 19.2 Å². The van der Waals surface area contributed by atoms with Gasteiger partial charge in [0.2, 0.25) is 0 Å². The number of benzene rings is 1. The van der Waals surface area contributed by atoms with Gasteiger partial charge in [0.1, 0.15) is 0 Å². The number of nitrogens with zero attached hydrogens (tertiary/aromatic N) is 2. The van der Waals surface area contributed by atoms with E-state index in [4.69, 9.17) is 0 Å². The first kappa shape index (κ1) is 18.3. The summed E-state index contributed by atoms with van der Waals surface area (Å²) in [5.74, 6) is 1.70. The fraction of sp³-hybridized carbons (Fsp3) is 0.368. The highest BCUT2D eigenvalue weighted by molar-refractivity contribution is 7.98. The number of aromatic nitrogens is 3. The molecule has 0 saturated heterocycles. The van der Waals surface area contributed by atoms with Gasteiger partial charge in [-0.1, -0.05) is 20.8 Å². The number of thioether (sulfide) groups is 1. The maximum atomic E-state index is 4.41. The van der Waals surface area contributed by atoms with Crippen molar-refractivity contribution in [3.8, 4) is 0 Å². The lowest BCUT2D eigenvalue weighted by Gasteiger charge is -2.09. The first-order chi connectivity index (χ1) is 11.4. The van der Waals surface area contributed by atoms with E-state index in [0.717, 1.165) is 39.6 Å². The van der Waals surface area contributed by atoms with Gasteiger partial charge in [-0.15, -0.1) is 11.8 Å². The number of rotatable bonds is 3. The highest BCUT2D eigenvalue weighted by atomic mass is 32.2. The molecule has 0 atom stereocenters. The Morgan fingerprint density at radius 2 is 1.83 bits per heavy atom. The predicted octanol–water partition coefficient (Wildman–Crippen LogP) is 5.70. The molecule has 2 N–H and O–H groups in total. The van der Waals surface area contributed by atoms with Crippen LogP contribution in [0, 0.1) is 19.8 Å². The Hall–Kier alpha value is -2.01. The number of pyridine rings is 1. The van der Waals surface area contributed by atoms with E-state index in [1.165, 1.54) is 4.90 Å². The molecule has 0 saturated carbocycles. The van der Waals surface area contributed by atoms with Gasteiger partial charge in [0.15, 0.2) is 5.82 Å². The summed E-state index contributed by atoms with van der Waals surface area (Å²) in [6, 6.07) is 8.28. The summed E-state index contributed by atoms with van der Waals surface area (Å²) in [4.78, 5) is 5.63. The maximum Gasteiger partial charge on any atom is 0.155 e. The lowest BCUT2D eigenvalue weighted by atomic mass is 10.2. The number of aromatic amines is 1. The summed E-state index contributed by atoms with van der Waals surface area (Å²) < 4.78 is 0. The number of hydrogen-bond donors (Lipinski definition) is 2. The summed E-state index contributed by atoms with van der Waals surface area (Å²) in [5.41, 5.74) is 4.23. The molecule has 0 bridgehead atoms. The zero-order valence-corrected chi connectivity index (χ0v) is 16.1. The predicted molar refractivity (Wildman–Crippen MR) is 105 cm³/mol. The topological polar surface area (TPSA) is 53.6 Å². The first-order valence-corrected chi connectivity index (χ1v) is 9.36. The fourth-order valence-corrected chi connectivity index (χ4v) is 2.54. The summed E-state index contributed by atoms with van der Waals surface area (Å²) in [5, 5.41) is 11.8. The Morgan fingerprint density at radius 3 is 2.42 bits per heavy atom. The SMILES string of the molecule is CC(C)C.CSc1ccc2nccc(Nc3n[nH]c(C)c3C)c2c1. The molecule has 0 aliphatic rings. The van der Waals surface area contributed by atoms with Crippen molar-refractivity contribution in [3.63, 3.8) is 0 Å². The van der Waals surface area contributed by atoms with Crippen molar-refractivity contribution in [3.05, 3.63) is 41.7 Å². The molecular formula is C19H26N4S. The van der Waals surface area contributed by atoms with E-state index in [9.17, 15) is 0 Å². The minimum Gasteiger partial charge on any atom is -0.338 e. The molecule has 24 heavy (non-hydrogen) atoms. The van der Waals surface area contributed by atoms with Crippen LogP contribution in [0.1, 0.15) is 32.0 Å². The Balaban J connectivity index is 0.000000471. The van der Waals surface area contributed by atoms with Crippen LogP contribution in [0.4, 0.5) is 11.5 Å². The molecule has 0 aliphatic carbocycles. The zero-order chi connectivity index (χ0) is 17.7. The van der Waals surface area contributed by atoms with Gasteiger partial charge in [0.05, 0.1) is 11.2 Å². The molecule has 1 aromatic carbocycles. The minimum atomic E-state index is 0.833. The van der Waals surface area contributed by atoms with Crippen LogP contribution in [0.15, 0.2) is 35.4 Å². The average Bonchev–Trinajstić information content (AvgIpc) is 2.86. The smallest absolute Gasteiger partial charge is 0.155 e. The number of anilines is 2. The quantitative estimate of drug-likeness (QED) is 0.599. The lowest BCUT2D eigenvalue weighted by molar-refractivity contribution is 0.737. The van der Waals surface area contributed by atoms with Crippen molar-refractivity contribution >= 4 is 34.2 Å². The summed E-state index contributed by atoms with van der Waals surface area (Å²) >= 11 is 1.73. The standard InChI is InChI=1S/C15H16N4S.C4H10/c1-9-10(2)18-19-15(9)17-14-6-7-16-13-5-4-11(20-3)8-12(13)14;1-4(2)3/h4-8H,1-3H3,(H2,16,17,18,19);4H,1-3H3. The third-order valence-corrected chi connectivity index (χ3v) is 4.18. The molecule has 2 aromatic heterocycles. The molecule has 0 radical (unpaired) electrons. The molecule has 2 heterocycles.